The van der Waals surface area contributed by atoms with Gasteiger partial charge in [0.25, 0.3) is 5.69 Å². The predicted molar refractivity (Wildman–Crippen MR) is 86.9 cm³/mol. The molecule has 0 unspecified atom stereocenters. The van der Waals surface area contributed by atoms with E-state index in [4.69, 9.17) is 0 Å². The van der Waals surface area contributed by atoms with Crippen molar-refractivity contribution in [2.75, 3.05) is 18.4 Å². The van der Waals surface area contributed by atoms with Crippen molar-refractivity contribution in [3.63, 3.8) is 0 Å². The Labute approximate surface area is 134 Å². The largest absolute Gasteiger partial charge is 0.384 e. The highest BCUT2D eigenvalue weighted by Gasteiger charge is 2.03. The molecule has 2 N–H and O–H groups in total. The topological polar surface area (TPSA) is 67.2 Å². The van der Waals surface area contributed by atoms with Crippen LogP contribution in [-0.4, -0.2) is 18.0 Å². The van der Waals surface area contributed by atoms with E-state index in [1.54, 1.807) is 30.3 Å². The van der Waals surface area contributed by atoms with Crippen molar-refractivity contribution in [3.05, 3.63) is 70.0 Å². The number of halogens is 2. The van der Waals surface area contributed by atoms with E-state index in [1.165, 1.54) is 18.2 Å². The molecule has 0 saturated heterocycles. The van der Waals surface area contributed by atoms with Gasteiger partial charge in [-0.05, 0) is 18.2 Å². The van der Waals surface area contributed by atoms with E-state index >= 15 is 0 Å². The summed E-state index contributed by atoms with van der Waals surface area (Å²) < 4.78 is 13.4. The number of nitro groups is 1. The number of nitrogens with one attached hydrogen (secondary N) is 2. The molecule has 0 bridgehead atoms. The van der Waals surface area contributed by atoms with Crippen molar-refractivity contribution in [1.29, 1.82) is 0 Å². The van der Waals surface area contributed by atoms with Gasteiger partial charge < -0.3 is 10.6 Å². The first-order chi connectivity index (χ1) is 10.2. The molecule has 0 atom stereocenters. The monoisotopic (exact) mass is 325 g/mol. The maximum atomic E-state index is 13.4. The molecule has 2 aromatic carbocycles. The van der Waals surface area contributed by atoms with Crippen molar-refractivity contribution < 1.29 is 9.31 Å². The quantitative estimate of drug-likeness (QED) is 0.465. The van der Waals surface area contributed by atoms with E-state index in [1.807, 2.05) is 0 Å². The van der Waals surface area contributed by atoms with Gasteiger partial charge in [-0.15, -0.1) is 12.4 Å². The Hall–Kier alpha value is -2.18. The molecule has 0 radical (unpaired) electrons. The molecule has 0 aromatic heterocycles. The van der Waals surface area contributed by atoms with Crippen LogP contribution in [-0.2, 0) is 6.54 Å². The molecule has 22 heavy (non-hydrogen) atoms. The Morgan fingerprint density at radius 3 is 2.36 bits per heavy atom. The summed E-state index contributed by atoms with van der Waals surface area (Å²) in [5, 5.41) is 16.8. The molecule has 118 valence electrons. The Kier molecular flexibility index (Phi) is 7.28. The molecule has 0 saturated carbocycles. The minimum atomic E-state index is -0.431. The first kappa shape index (κ1) is 17.9. The summed E-state index contributed by atoms with van der Waals surface area (Å²) in [6.07, 6.45) is 0. The van der Waals surface area contributed by atoms with E-state index < -0.39 is 4.92 Å². The van der Waals surface area contributed by atoms with Crippen molar-refractivity contribution >= 4 is 23.8 Å². The maximum Gasteiger partial charge on any atom is 0.269 e. The summed E-state index contributed by atoms with van der Waals surface area (Å²) in [5.41, 5.74) is 1.51. The molecule has 0 aliphatic heterocycles. The van der Waals surface area contributed by atoms with Gasteiger partial charge >= 0.3 is 0 Å². The van der Waals surface area contributed by atoms with Crippen LogP contribution in [0.5, 0.6) is 0 Å². The standard InChI is InChI=1S/C15H16FN3O2.ClH/c16-15-4-2-1-3-12(15)11-17-9-10-18-13-5-7-14(8-6-13)19(20)21;/h1-8,17-18H,9-11H2;1H. The third kappa shape index (κ3) is 5.31. The average Bonchev–Trinajstić information content (AvgIpc) is 2.49. The maximum absolute atomic E-state index is 13.4. The molecule has 0 fully saturated rings. The summed E-state index contributed by atoms with van der Waals surface area (Å²) in [4.78, 5) is 10.1. The summed E-state index contributed by atoms with van der Waals surface area (Å²) in [5.74, 6) is -0.215. The third-order valence-corrected chi connectivity index (χ3v) is 2.98. The second-order valence-corrected chi connectivity index (χ2v) is 4.50. The van der Waals surface area contributed by atoms with Crippen molar-refractivity contribution in [1.82, 2.24) is 5.32 Å². The van der Waals surface area contributed by atoms with Gasteiger partial charge in [-0.2, -0.15) is 0 Å². The van der Waals surface area contributed by atoms with Gasteiger partial charge in [0, 0.05) is 43.0 Å². The summed E-state index contributed by atoms with van der Waals surface area (Å²) in [6, 6.07) is 12.9. The van der Waals surface area contributed by atoms with Gasteiger partial charge in [-0.1, -0.05) is 18.2 Å². The number of benzene rings is 2. The Bertz CT molecular complexity index is 608. The van der Waals surface area contributed by atoms with Crippen LogP contribution in [0.1, 0.15) is 5.56 Å². The molecule has 2 aromatic rings. The zero-order chi connectivity index (χ0) is 15.1. The first-order valence-corrected chi connectivity index (χ1v) is 6.59. The first-order valence-electron chi connectivity index (χ1n) is 6.59. The van der Waals surface area contributed by atoms with Gasteiger partial charge in [0.15, 0.2) is 0 Å². The second-order valence-electron chi connectivity index (χ2n) is 4.50. The fourth-order valence-corrected chi connectivity index (χ4v) is 1.86. The van der Waals surface area contributed by atoms with Crippen LogP contribution in [0, 0.1) is 15.9 Å². The van der Waals surface area contributed by atoms with Crippen LogP contribution in [0.3, 0.4) is 0 Å². The molecule has 7 heteroatoms. The average molecular weight is 326 g/mol. The lowest BCUT2D eigenvalue weighted by molar-refractivity contribution is -0.384. The zero-order valence-electron chi connectivity index (χ0n) is 11.8. The molecular formula is C15H17ClFN3O2. The smallest absolute Gasteiger partial charge is 0.269 e. The molecule has 2 rings (SSSR count). The number of nitro benzene ring substituents is 1. The number of hydrogen-bond acceptors (Lipinski definition) is 4. The summed E-state index contributed by atoms with van der Waals surface area (Å²) in [6.45, 7) is 1.77. The zero-order valence-corrected chi connectivity index (χ0v) is 12.6. The van der Waals surface area contributed by atoms with Gasteiger partial charge in [0.1, 0.15) is 5.82 Å². The number of anilines is 1. The Morgan fingerprint density at radius 2 is 1.73 bits per heavy atom. The predicted octanol–water partition coefficient (Wildman–Crippen LogP) is 3.36. The fourth-order valence-electron chi connectivity index (χ4n) is 1.86. The van der Waals surface area contributed by atoms with Crippen LogP contribution in [0.2, 0.25) is 0 Å². The van der Waals surface area contributed by atoms with E-state index in [9.17, 15) is 14.5 Å². The molecular weight excluding hydrogens is 309 g/mol. The van der Waals surface area contributed by atoms with Crippen LogP contribution < -0.4 is 10.6 Å². The van der Waals surface area contributed by atoms with E-state index in [0.29, 0.717) is 25.2 Å². The number of nitrogens with zero attached hydrogens (tertiary/aromatic N) is 1. The van der Waals surface area contributed by atoms with E-state index in [2.05, 4.69) is 10.6 Å². The minimum Gasteiger partial charge on any atom is -0.384 e. The molecule has 0 aliphatic rings. The van der Waals surface area contributed by atoms with Gasteiger partial charge in [-0.25, -0.2) is 4.39 Å². The van der Waals surface area contributed by atoms with Crippen molar-refractivity contribution in [2.24, 2.45) is 0 Å². The highest BCUT2D eigenvalue weighted by molar-refractivity contribution is 5.85. The highest BCUT2D eigenvalue weighted by atomic mass is 35.5. The Balaban J connectivity index is 0.00000242. The normalized spacial score (nSPS) is 9.86. The van der Waals surface area contributed by atoms with Crippen LogP contribution in [0.25, 0.3) is 0 Å². The summed E-state index contributed by atoms with van der Waals surface area (Å²) >= 11 is 0. The van der Waals surface area contributed by atoms with Gasteiger partial charge in [0.05, 0.1) is 4.92 Å². The van der Waals surface area contributed by atoms with Crippen LogP contribution in [0.4, 0.5) is 15.8 Å². The third-order valence-electron chi connectivity index (χ3n) is 2.98. The molecule has 5 nitrogen and oxygen atoms in total. The van der Waals surface area contributed by atoms with Crippen molar-refractivity contribution in [3.8, 4) is 0 Å². The number of hydrogen-bond donors (Lipinski definition) is 2. The van der Waals surface area contributed by atoms with Crippen LogP contribution >= 0.6 is 12.4 Å². The van der Waals surface area contributed by atoms with Crippen molar-refractivity contribution in [2.45, 2.75) is 6.54 Å². The van der Waals surface area contributed by atoms with Crippen LogP contribution in [0.15, 0.2) is 48.5 Å². The molecule has 0 heterocycles. The lowest BCUT2D eigenvalue weighted by Crippen LogP contribution is -2.22. The molecule has 0 aliphatic carbocycles. The molecule has 0 spiro atoms. The lowest BCUT2D eigenvalue weighted by atomic mass is 10.2. The highest BCUT2D eigenvalue weighted by Crippen LogP contribution is 2.14. The SMILES string of the molecule is Cl.O=[N+]([O-])c1ccc(NCCNCc2ccccc2F)cc1. The van der Waals surface area contributed by atoms with Gasteiger partial charge in [0.2, 0.25) is 0 Å². The molecule has 0 amide bonds. The fraction of sp³-hybridized carbons (Fsp3) is 0.200. The van der Waals surface area contributed by atoms with E-state index in [-0.39, 0.29) is 23.9 Å². The Morgan fingerprint density at radius 1 is 1.05 bits per heavy atom. The number of rotatable bonds is 7. The summed E-state index contributed by atoms with van der Waals surface area (Å²) in [7, 11) is 0. The lowest BCUT2D eigenvalue weighted by Gasteiger charge is -2.08. The minimum absolute atomic E-state index is 0. The second kappa shape index (κ2) is 8.96. The van der Waals surface area contributed by atoms with E-state index in [0.717, 1.165) is 5.69 Å². The van der Waals surface area contributed by atoms with Gasteiger partial charge in [-0.3, -0.25) is 10.1 Å². The number of non-ortho nitro benzene ring substituents is 1.